The minimum atomic E-state index is -1.55. The van der Waals surface area contributed by atoms with E-state index < -0.39 is 9.28 Å². The molecule has 1 heterocycles. The highest BCUT2D eigenvalue weighted by molar-refractivity contribution is 6.49. The van der Waals surface area contributed by atoms with E-state index in [-0.39, 0.29) is 5.22 Å². The highest BCUT2D eigenvalue weighted by Gasteiger charge is 2.58. The average molecular weight is 162 g/mol. The highest BCUT2D eigenvalue weighted by Crippen LogP contribution is 2.38. The van der Waals surface area contributed by atoms with Gasteiger partial charge in [-0.05, 0) is 13.8 Å². The Labute approximate surface area is 63.1 Å². The van der Waals surface area contributed by atoms with E-state index in [1.54, 1.807) is 14.2 Å². The fourth-order valence-electron chi connectivity index (χ4n) is 1.16. The zero-order valence-electron chi connectivity index (χ0n) is 6.88. The molecule has 10 heavy (non-hydrogen) atoms. The lowest BCUT2D eigenvalue weighted by atomic mass is 10.4. The van der Waals surface area contributed by atoms with E-state index in [1.807, 2.05) is 13.8 Å². The molecule has 0 spiro atoms. The van der Waals surface area contributed by atoms with Crippen molar-refractivity contribution < 1.29 is 13.6 Å². The van der Waals surface area contributed by atoms with Crippen molar-refractivity contribution in [2.24, 2.45) is 0 Å². The molecule has 0 radical (unpaired) electrons. The molecule has 1 aliphatic heterocycles. The van der Waals surface area contributed by atoms with Gasteiger partial charge in [0.1, 0.15) is 5.22 Å². The van der Waals surface area contributed by atoms with E-state index in [4.69, 9.17) is 13.6 Å². The van der Waals surface area contributed by atoms with Crippen LogP contribution in [0.1, 0.15) is 13.8 Å². The first kappa shape index (κ1) is 8.20. The monoisotopic (exact) mass is 162 g/mol. The zero-order valence-corrected chi connectivity index (χ0v) is 8.03. The molecule has 0 bridgehead atoms. The lowest BCUT2D eigenvalue weighted by Gasteiger charge is -2.14. The summed E-state index contributed by atoms with van der Waals surface area (Å²) in [7, 11) is 1.81. The van der Waals surface area contributed by atoms with Gasteiger partial charge in [-0.3, -0.25) is 0 Å². The lowest BCUT2D eigenvalue weighted by Crippen LogP contribution is -2.37. The van der Waals surface area contributed by atoms with Gasteiger partial charge in [-0.1, -0.05) is 0 Å². The first-order chi connectivity index (χ1) is 4.65. The molecule has 0 aromatic rings. The van der Waals surface area contributed by atoms with Crippen LogP contribution < -0.4 is 0 Å². The van der Waals surface area contributed by atoms with E-state index in [0.29, 0.717) is 6.10 Å². The van der Waals surface area contributed by atoms with E-state index >= 15 is 0 Å². The van der Waals surface area contributed by atoms with Crippen molar-refractivity contribution in [1.29, 1.82) is 0 Å². The summed E-state index contributed by atoms with van der Waals surface area (Å²) < 4.78 is 15.7. The molecule has 0 saturated carbocycles. The van der Waals surface area contributed by atoms with Gasteiger partial charge in [-0.2, -0.15) is 0 Å². The molecule has 0 amide bonds. The van der Waals surface area contributed by atoms with Crippen LogP contribution in [0.15, 0.2) is 0 Å². The van der Waals surface area contributed by atoms with Gasteiger partial charge in [0, 0.05) is 14.2 Å². The number of hydrogen-bond acceptors (Lipinski definition) is 3. The molecular formula is C6H14O3Si. The van der Waals surface area contributed by atoms with E-state index in [9.17, 15) is 0 Å². The third-order valence-electron chi connectivity index (χ3n) is 2.08. The van der Waals surface area contributed by atoms with E-state index in [2.05, 4.69) is 0 Å². The largest absolute Gasteiger partial charge is 0.398 e. The zero-order chi connectivity index (χ0) is 7.78. The maximum atomic E-state index is 5.36. The second kappa shape index (κ2) is 2.62. The normalized spacial score (nSPS) is 38.7. The molecule has 1 rings (SSSR count). The molecule has 60 valence electrons. The molecule has 1 saturated heterocycles. The van der Waals surface area contributed by atoms with Crippen LogP contribution in [0.2, 0.25) is 0 Å². The summed E-state index contributed by atoms with van der Waals surface area (Å²) in [6, 6.07) is 0. The maximum Gasteiger partial charge on any atom is 0.356 e. The van der Waals surface area contributed by atoms with Crippen LogP contribution in [-0.2, 0) is 13.6 Å². The van der Waals surface area contributed by atoms with Crippen molar-refractivity contribution in [2.45, 2.75) is 25.2 Å². The minimum absolute atomic E-state index is 0.0799. The Hall–Kier alpha value is 0.0969. The van der Waals surface area contributed by atoms with E-state index in [0.717, 1.165) is 0 Å². The smallest absolute Gasteiger partial charge is 0.356 e. The van der Waals surface area contributed by atoms with Crippen LogP contribution >= 0.6 is 0 Å². The predicted octanol–water partition coefficient (Wildman–Crippen LogP) is 0.216. The van der Waals surface area contributed by atoms with Gasteiger partial charge in [0.25, 0.3) is 0 Å². The van der Waals surface area contributed by atoms with E-state index in [1.165, 1.54) is 0 Å². The molecule has 0 N–H and O–H groups in total. The van der Waals surface area contributed by atoms with Crippen molar-refractivity contribution in [1.82, 2.24) is 0 Å². The standard InChI is InChI=1S/C6H14O3Si/c1-5-6(2,9-5)10(7-3)8-4/h5,10H,1-4H3. The first-order valence-electron chi connectivity index (χ1n) is 3.38. The van der Waals surface area contributed by atoms with Crippen molar-refractivity contribution in [3.05, 3.63) is 0 Å². The van der Waals surface area contributed by atoms with Crippen molar-refractivity contribution in [2.75, 3.05) is 14.2 Å². The Morgan fingerprint density at radius 2 is 1.80 bits per heavy atom. The second-order valence-corrected chi connectivity index (χ2v) is 5.50. The lowest BCUT2D eigenvalue weighted by molar-refractivity contribution is 0.230. The first-order valence-corrected chi connectivity index (χ1v) is 4.90. The summed E-state index contributed by atoms with van der Waals surface area (Å²) in [4.78, 5) is 0. The van der Waals surface area contributed by atoms with Gasteiger partial charge in [0.15, 0.2) is 0 Å². The van der Waals surface area contributed by atoms with Crippen LogP contribution in [0.4, 0.5) is 0 Å². The fraction of sp³-hybridized carbons (Fsp3) is 1.00. The van der Waals surface area contributed by atoms with Crippen LogP contribution in [-0.4, -0.2) is 34.8 Å². The Morgan fingerprint density at radius 1 is 1.40 bits per heavy atom. The van der Waals surface area contributed by atoms with Crippen LogP contribution in [0, 0.1) is 0 Å². The van der Waals surface area contributed by atoms with Gasteiger partial charge in [-0.15, -0.1) is 0 Å². The SMILES string of the molecule is CO[SiH](OC)C1(C)OC1C. The van der Waals surface area contributed by atoms with Crippen molar-refractivity contribution in [3.63, 3.8) is 0 Å². The number of hydrogen-bond donors (Lipinski definition) is 0. The molecule has 1 fully saturated rings. The van der Waals surface area contributed by atoms with Crippen LogP contribution in [0.5, 0.6) is 0 Å². The topological polar surface area (TPSA) is 31.0 Å². The summed E-state index contributed by atoms with van der Waals surface area (Å²) in [6.07, 6.45) is 0.309. The molecule has 4 heteroatoms. The number of epoxide rings is 1. The predicted molar refractivity (Wildman–Crippen MR) is 40.1 cm³/mol. The van der Waals surface area contributed by atoms with Crippen molar-refractivity contribution >= 4 is 9.28 Å². The van der Waals surface area contributed by atoms with Gasteiger partial charge in [0.2, 0.25) is 0 Å². The summed E-state index contributed by atoms with van der Waals surface area (Å²) >= 11 is 0. The number of ether oxygens (including phenoxy) is 1. The summed E-state index contributed by atoms with van der Waals surface area (Å²) in [5.41, 5.74) is 0. The van der Waals surface area contributed by atoms with Gasteiger partial charge >= 0.3 is 9.28 Å². The minimum Gasteiger partial charge on any atom is -0.398 e. The highest BCUT2D eigenvalue weighted by atomic mass is 28.3. The molecular weight excluding hydrogens is 148 g/mol. The van der Waals surface area contributed by atoms with Gasteiger partial charge < -0.3 is 13.6 Å². The summed E-state index contributed by atoms with van der Waals surface area (Å²) in [5.74, 6) is 0. The third-order valence-corrected chi connectivity index (χ3v) is 4.47. The Kier molecular flexibility index (Phi) is 2.14. The van der Waals surface area contributed by atoms with Crippen molar-refractivity contribution in [3.8, 4) is 0 Å². The Balaban J connectivity index is 2.46. The quantitative estimate of drug-likeness (QED) is 0.439. The molecule has 2 atom stereocenters. The Bertz CT molecular complexity index is 126. The molecule has 2 unspecified atom stereocenters. The second-order valence-electron chi connectivity index (χ2n) is 2.75. The molecule has 3 nitrogen and oxygen atoms in total. The average Bonchev–Trinajstić information content (AvgIpc) is 2.44. The molecule has 0 aromatic carbocycles. The Morgan fingerprint density at radius 3 is 1.90 bits per heavy atom. The van der Waals surface area contributed by atoms with Crippen LogP contribution in [0.25, 0.3) is 0 Å². The summed E-state index contributed by atoms with van der Waals surface area (Å²) in [6.45, 7) is 4.08. The van der Waals surface area contributed by atoms with Gasteiger partial charge in [0.05, 0.1) is 6.10 Å². The van der Waals surface area contributed by atoms with Crippen LogP contribution in [0.3, 0.4) is 0 Å². The fourth-order valence-corrected chi connectivity index (χ4v) is 2.99. The number of rotatable bonds is 3. The molecule has 1 aliphatic rings. The molecule has 0 aromatic heterocycles. The van der Waals surface area contributed by atoms with Gasteiger partial charge in [-0.25, -0.2) is 0 Å². The third kappa shape index (κ3) is 1.12. The maximum absolute atomic E-state index is 5.36. The molecule has 0 aliphatic carbocycles. The summed E-state index contributed by atoms with van der Waals surface area (Å²) in [5, 5.41) is -0.0799.